The van der Waals surface area contributed by atoms with Gasteiger partial charge in [-0.1, -0.05) is 44.2 Å². The molecule has 2 aromatic heterocycles. The Morgan fingerprint density at radius 1 is 1.07 bits per heavy atom. The fourth-order valence-corrected chi connectivity index (χ4v) is 2.62. The van der Waals surface area contributed by atoms with E-state index in [-0.39, 0.29) is 36.8 Å². The number of nitrogens with zero attached hydrogens (tertiary/aromatic N) is 3. The minimum absolute atomic E-state index is 0. The minimum atomic E-state index is -0.269. The summed E-state index contributed by atoms with van der Waals surface area (Å²) in [6, 6.07) is 15.0. The fourth-order valence-electron chi connectivity index (χ4n) is 2.62. The molecule has 1 aromatic carbocycles. The molecule has 8 heteroatoms. The van der Waals surface area contributed by atoms with Crippen LogP contribution in [0.15, 0.2) is 60.9 Å². The van der Waals surface area contributed by atoms with E-state index < -0.39 is 0 Å². The van der Waals surface area contributed by atoms with Crippen LogP contribution in [0.1, 0.15) is 47.4 Å². The normalized spacial score (nSPS) is 11.3. The molecule has 150 valence electrons. The molecule has 28 heavy (non-hydrogen) atoms. The van der Waals surface area contributed by atoms with E-state index in [1.165, 1.54) is 5.56 Å². The monoisotopic (exact) mass is 421 g/mol. The second-order valence-electron chi connectivity index (χ2n) is 6.47. The van der Waals surface area contributed by atoms with Gasteiger partial charge < -0.3 is 11.1 Å². The maximum Gasteiger partial charge on any atom is 0.270 e. The Morgan fingerprint density at radius 2 is 1.75 bits per heavy atom. The van der Waals surface area contributed by atoms with Crippen molar-refractivity contribution in [3.05, 3.63) is 77.7 Å². The number of hydrogen-bond acceptors (Lipinski definition) is 4. The first-order valence-corrected chi connectivity index (χ1v) is 8.65. The standard InChI is InChI=1S/C20H23N5O.2ClH/c1-14(2)15-7-9-16(10-8-15)17(21)13-22-20(26)18-5-3-6-19(24-18)25-12-4-11-23-25;;/h3-12,14,17H,13,21H2,1-2H3,(H,22,26);2*1H. The zero-order valence-corrected chi connectivity index (χ0v) is 17.4. The second kappa shape index (κ2) is 10.8. The molecule has 2 heterocycles. The second-order valence-corrected chi connectivity index (χ2v) is 6.47. The number of aromatic nitrogens is 3. The van der Waals surface area contributed by atoms with Crippen molar-refractivity contribution in [2.45, 2.75) is 25.8 Å². The molecule has 0 bridgehead atoms. The molecule has 0 fully saturated rings. The van der Waals surface area contributed by atoms with E-state index in [4.69, 9.17) is 5.73 Å². The van der Waals surface area contributed by atoms with Crippen LogP contribution in [0.5, 0.6) is 0 Å². The summed E-state index contributed by atoms with van der Waals surface area (Å²) in [6.07, 6.45) is 3.44. The van der Waals surface area contributed by atoms with Crippen molar-refractivity contribution < 1.29 is 4.79 Å². The lowest BCUT2D eigenvalue weighted by atomic mass is 9.99. The van der Waals surface area contributed by atoms with Crippen molar-refractivity contribution in [2.24, 2.45) is 5.73 Å². The van der Waals surface area contributed by atoms with Crippen molar-refractivity contribution >= 4 is 30.7 Å². The summed E-state index contributed by atoms with van der Waals surface area (Å²) in [7, 11) is 0. The van der Waals surface area contributed by atoms with E-state index in [1.54, 1.807) is 41.3 Å². The fraction of sp³-hybridized carbons (Fsp3) is 0.250. The Morgan fingerprint density at radius 3 is 2.36 bits per heavy atom. The van der Waals surface area contributed by atoms with Gasteiger partial charge in [0.25, 0.3) is 5.91 Å². The summed E-state index contributed by atoms with van der Waals surface area (Å²) in [4.78, 5) is 16.7. The van der Waals surface area contributed by atoms with Crippen molar-refractivity contribution in [3.8, 4) is 5.82 Å². The zero-order chi connectivity index (χ0) is 18.5. The summed E-state index contributed by atoms with van der Waals surface area (Å²) < 4.78 is 1.61. The molecule has 1 amide bonds. The summed E-state index contributed by atoms with van der Waals surface area (Å²) in [5.74, 6) is 0.817. The lowest BCUT2D eigenvalue weighted by molar-refractivity contribution is 0.0946. The van der Waals surface area contributed by atoms with Crippen molar-refractivity contribution in [3.63, 3.8) is 0 Å². The van der Waals surface area contributed by atoms with E-state index >= 15 is 0 Å². The topological polar surface area (TPSA) is 85.8 Å². The molecule has 0 aliphatic carbocycles. The third kappa shape index (κ3) is 5.79. The number of halogens is 2. The van der Waals surface area contributed by atoms with E-state index in [9.17, 15) is 4.79 Å². The van der Waals surface area contributed by atoms with Crippen molar-refractivity contribution in [1.29, 1.82) is 0 Å². The molecule has 0 saturated carbocycles. The van der Waals surface area contributed by atoms with E-state index in [1.807, 2.05) is 12.1 Å². The Bertz CT molecular complexity index is 867. The predicted molar refractivity (Wildman–Crippen MR) is 116 cm³/mol. The van der Waals surface area contributed by atoms with E-state index in [0.29, 0.717) is 24.0 Å². The Balaban J connectivity index is 0.00000196. The summed E-state index contributed by atoms with van der Waals surface area (Å²) in [5.41, 5.74) is 8.80. The third-order valence-electron chi connectivity index (χ3n) is 4.22. The Hall–Kier alpha value is -2.41. The molecule has 1 atom stereocenters. The number of amides is 1. The van der Waals surface area contributed by atoms with Gasteiger partial charge in [-0.25, -0.2) is 9.67 Å². The van der Waals surface area contributed by atoms with Gasteiger partial charge in [0.15, 0.2) is 5.82 Å². The average molecular weight is 422 g/mol. The number of rotatable bonds is 6. The number of benzene rings is 1. The average Bonchev–Trinajstić information content (AvgIpc) is 3.21. The first kappa shape index (κ1) is 23.6. The first-order chi connectivity index (χ1) is 12.5. The molecule has 1 unspecified atom stereocenters. The van der Waals surface area contributed by atoms with Crippen LogP contribution < -0.4 is 11.1 Å². The summed E-state index contributed by atoms with van der Waals surface area (Å²) in [5, 5.41) is 6.97. The van der Waals surface area contributed by atoms with Gasteiger partial charge in [-0.05, 0) is 35.2 Å². The predicted octanol–water partition coefficient (Wildman–Crippen LogP) is 3.66. The Labute approximate surface area is 177 Å². The van der Waals surface area contributed by atoms with Crippen LogP contribution in [0, 0.1) is 0 Å². The highest BCUT2D eigenvalue weighted by atomic mass is 35.5. The highest BCUT2D eigenvalue weighted by Gasteiger charge is 2.12. The molecule has 0 spiro atoms. The highest BCUT2D eigenvalue weighted by Crippen LogP contribution is 2.17. The maximum absolute atomic E-state index is 12.4. The first-order valence-electron chi connectivity index (χ1n) is 8.65. The number of nitrogens with two attached hydrogens (primary N) is 1. The molecule has 3 aromatic rings. The quantitative estimate of drug-likeness (QED) is 0.635. The van der Waals surface area contributed by atoms with Crippen LogP contribution in [0.2, 0.25) is 0 Å². The van der Waals surface area contributed by atoms with Gasteiger partial charge in [-0.3, -0.25) is 4.79 Å². The summed E-state index contributed by atoms with van der Waals surface area (Å²) >= 11 is 0. The molecule has 0 aliphatic rings. The lowest BCUT2D eigenvalue weighted by Gasteiger charge is -2.14. The lowest BCUT2D eigenvalue weighted by Crippen LogP contribution is -2.32. The Kier molecular flexibility index (Phi) is 9.12. The molecule has 0 saturated heterocycles. The smallest absolute Gasteiger partial charge is 0.270 e. The third-order valence-corrected chi connectivity index (χ3v) is 4.22. The minimum Gasteiger partial charge on any atom is -0.349 e. The molecular weight excluding hydrogens is 397 g/mol. The van der Waals surface area contributed by atoms with Crippen molar-refractivity contribution in [2.75, 3.05) is 6.54 Å². The van der Waals surface area contributed by atoms with Gasteiger partial charge in [0, 0.05) is 25.0 Å². The molecule has 0 aliphatic heterocycles. The molecule has 0 radical (unpaired) electrons. The molecule has 6 nitrogen and oxygen atoms in total. The zero-order valence-electron chi connectivity index (χ0n) is 15.8. The van der Waals surface area contributed by atoms with Gasteiger partial charge in [0.1, 0.15) is 5.69 Å². The van der Waals surface area contributed by atoms with Crippen LogP contribution in [-0.2, 0) is 0 Å². The van der Waals surface area contributed by atoms with Gasteiger partial charge in [0.2, 0.25) is 0 Å². The van der Waals surface area contributed by atoms with Crippen LogP contribution in [0.25, 0.3) is 5.82 Å². The van der Waals surface area contributed by atoms with Crippen LogP contribution in [0.4, 0.5) is 0 Å². The molecule has 3 N–H and O–H groups in total. The number of carbonyl (C=O) groups is 1. The van der Waals surface area contributed by atoms with Gasteiger partial charge in [-0.2, -0.15) is 5.10 Å². The number of carbonyl (C=O) groups excluding carboxylic acids is 1. The van der Waals surface area contributed by atoms with Gasteiger partial charge >= 0.3 is 0 Å². The largest absolute Gasteiger partial charge is 0.349 e. The van der Waals surface area contributed by atoms with Crippen LogP contribution in [0.3, 0.4) is 0 Å². The summed E-state index contributed by atoms with van der Waals surface area (Å²) in [6.45, 7) is 4.65. The van der Waals surface area contributed by atoms with Gasteiger partial charge in [0.05, 0.1) is 0 Å². The highest BCUT2D eigenvalue weighted by molar-refractivity contribution is 5.92. The van der Waals surface area contributed by atoms with Crippen molar-refractivity contribution in [1.82, 2.24) is 20.1 Å². The van der Waals surface area contributed by atoms with E-state index in [0.717, 1.165) is 5.56 Å². The number of hydrogen-bond donors (Lipinski definition) is 2. The maximum atomic E-state index is 12.4. The molecule has 3 rings (SSSR count). The number of pyridine rings is 1. The van der Waals surface area contributed by atoms with Crippen LogP contribution in [-0.4, -0.2) is 27.2 Å². The van der Waals surface area contributed by atoms with Gasteiger partial charge in [-0.15, -0.1) is 24.8 Å². The SMILES string of the molecule is CC(C)c1ccc(C(N)CNC(=O)c2cccc(-n3cccn3)n2)cc1.Cl.Cl. The van der Waals surface area contributed by atoms with Crippen LogP contribution >= 0.6 is 24.8 Å². The molecular formula is C20H25Cl2N5O. The van der Waals surface area contributed by atoms with E-state index in [2.05, 4.69) is 41.4 Å². The number of nitrogens with one attached hydrogen (secondary N) is 1.